The minimum Gasteiger partial charge on any atom is -0.385 e. The van der Waals surface area contributed by atoms with Crippen molar-refractivity contribution in [3.05, 3.63) is 34.9 Å². The molecular formula is C12H15ClN2O. The summed E-state index contributed by atoms with van der Waals surface area (Å²) in [5.41, 5.74) is -0.327. The normalized spacial score (nSPS) is 14.1. The van der Waals surface area contributed by atoms with Gasteiger partial charge in [-0.05, 0) is 43.0 Å². The van der Waals surface area contributed by atoms with E-state index >= 15 is 0 Å². The van der Waals surface area contributed by atoms with E-state index in [1.54, 1.807) is 24.3 Å². The summed E-state index contributed by atoms with van der Waals surface area (Å²) in [5.74, 6) is 0. The molecule has 0 saturated carbocycles. The molecule has 0 bridgehead atoms. The van der Waals surface area contributed by atoms with Gasteiger partial charge in [0.2, 0.25) is 0 Å². The van der Waals surface area contributed by atoms with E-state index < -0.39 is 5.60 Å². The monoisotopic (exact) mass is 238 g/mol. The van der Waals surface area contributed by atoms with Gasteiger partial charge in [-0.2, -0.15) is 0 Å². The maximum atomic E-state index is 10.4. The Balaban J connectivity index is 2.94. The number of benzene rings is 1. The highest BCUT2D eigenvalue weighted by molar-refractivity contribution is 6.30. The number of halogens is 1. The van der Waals surface area contributed by atoms with Crippen LogP contribution in [0.5, 0.6) is 0 Å². The molecule has 1 aromatic rings. The molecule has 0 saturated heterocycles. The Labute approximate surface area is 100 Å². The molecule has 0 aliphatic rings. The van der Waals surface area contributed by atoms with Crippen LogP contribution in [0.15, 0.2) is 24.3 Å². The van der Waals surface area contributed by atoms with E-state index in [4.69, 9.17) is 22.4 Å². The Morgan fingerprint density at radius 1 is 1.19 bits per heavy atom. The van der Waals surface area contributed by atoms with Gasteiger partial charge in [0.25, 0.3) is 0 Å². The van der Waals surface area contributed by atoms with Crippen molar-refractivity contribution in [3.8, 4) is 0 Å². The molecule has 3 nitrogen and oxygen atoms in total. The minimum absolute atomic E-state index is 0.252. The van der Waals surface area contributed by atoms with Gasteiger partial charge in [-0.1, -0.05) is 23.7 Å². The summed E-state index contributed by atoms with van der Waals surface area (Å²) in [6.45, 7) is 0. The maximum Gasteiger partial charge on any atom is 0.0949 e. The molecule has 1 rings (SSSR count). The van der Waals surface area contributed by atoms with Crippen LogP contribution < -0.4 is 0 Å². The summed E-state index contributed by atoms with van der Waals surface area (Å²) in [5, 5.41) is 25.1. The first-order valence-electron chi connectivity index (χ1n) is 5.08. The molecule has 3 N–H and O–H groups in total. The number of aliphatic hydroxyl groups is 1. The van der Waals surface area contributed by atoms with Crippen molar-refractivity contribution in [2.24, 2.45) is 0 Å². The van der Waals surface area contributed by atoms with Gasteiger partial charge < -0.3 is 15.9 Å². The van der Waals surface area contributed by atoms with Crippen molar-refractivity contribution in [2.45, 2.75) is 24.9 Å². The first-order valence-corrected chi connectivity index (χ1v) is 5.46. The quantitative estimate of drug-likeness (QED) is 0.656. The molecule has 0 aliphatic carbocycles. The summed E-state index contributed by atoms with van der Waals surface area (Å²) < 4.78 is 0. The topological polar surface area (TPSA) is 67.9 Å². The standard InChI is InChI=1S/C12H15ClN2O/c13-11-4-2-10(3-5-11)12(16,7-9-15)6-1-8-14/h2-5,8-9,14-16H,1,6-7H2. The molecule has 0 amide bonds. The highest BCUT2D eigenvalue weighted by Gasteiger charge is 2.27. The zero-order chi connectivity index (χ0) is 12.0. The molecule has 1 aromatic carbocycles. The van der Waals surface area contributed by atoms with Crippen molar-refractivity contribution in [2.75, 3.05) is 0 Å². The molecule has 1 unspecified atom stereocenters. The number of hydrogen-bond acceptors (Lipinski definition) is 3. The van der Waals surface area contributed by atoms with E-state index in [0.717, 1.165) is 5.56 Å². The van der Waals surface area contributed by atoms with Gasteiger partial charge in [0.1, 0.15) is 0 Å². The van der Waals surface area contributed by atoms with E-state index in [0.29, 0.717) is 17.9 Å². The lowest BCUT2D eigenvalue weighted by atomic mass is 9.86. The first-order chi connectivity index (χ1) is 7.62. The second kappa shape index (κ2) is 5.77. The van der Waals surface area contributed by atoms with Crippen LogP contribution in [0, 0.1) is 10.8 Å². The summed E-state index contributed by atoms with van der Waals surface area (Å²) in [6.07, 6.45) is 3.65. The molecule has 0 fully saturated rings. The Morgan fingerprint density at radius 2 is 1.81 bits per heavy atom. The number of rotatable bonds is 6. The second-order valence-corrected chi connectivity index (χ2v) is 4.13. The molecular weight excluding hydrogens is 224 g/mol. The van der Waals surface area contributed by atoms with Gasteiger partial charge in [0.15, 0.2) is 0 Å². The minimum atomic E-state index is -1.07. The molecule has 16 heavy (non-hydrogen) atoms. The molecule has 0 aromatic heterocycles. The third kappa shape index (κ3) is 3.15. The van der Waals surface area contributed by atoms with Crippen LogP contribution in [-0.2, 0) is 5.60 Å². The van der Waals surface area contributed by atoms with E-state index in [9.17, 15) is 5.11 Å². The fraction of sp³-hybridized carbons (Fsp3) is 0.333. The van der Waals surface area contributed by atoms with Gasteiger partial charge in [-0.25, -0.2) is 0 Å². The van der Waals surface area contributed by atoms with Crippen molar-refractivity contribution >= 4 is 24.0 Å². The Morgan fingerprint density at radius 3 is 2.31 bits per heavy atom. The van der Waals surface area contributed by atoms with Gasteiger partial charge in [0.05, 0.1) is 5.60 Å². The Kier molecular flexibility index (Phi) is 4.65. The lowest BCUT2D eigenvalue weighted by molar-refractivity contribution is 0.0383. The molecule has 1 atom stereocenters. The zero-order valence-corrected chi connectivity index (χ0v) is 9.67. The van der Waals surface area contributed by atoms with Crippen molar-refractivity contribution in [3.63, 3.8) is 0 Å². The van der Waals surface area contributed by atoms with Gasteiger partial charge >= 0.3 is 0 Å². The van der Waals surface area contributed by atoms with E-state index in [2.05, 4.69) is 0 Å². The molecule has 4 heteroatoms. The van der Waals surface area contributed by atoms with Crippen LogP contribution in [0.25, 0.3) is 0 Å². The molecule has 0 heterocycles. The SMILES string of the molecule is N=CCCC(O)(CC=N)c1ccc(Cl)cc1. The number of hydrogen-bond donors (Lipinski definition) is 3. The van der Waals surface area contributed by atoms with E-state index in [-0.39, 0.29) is 6.42 Å². The average molecular weight is 239 g/mol. The smallest absolute Gasteiger partial charge is 0.0949 e. The van der Waals surface area contributed by atoms with Crippen LogP contribution in [0.2, 0.25) is 5.02 Å². The average Bonchev–Trinajstić information content (AvgIpc) is 2.27. The van der Waals surface area contributed by atoms with Gasteiger partial charge in [-0.3, -0.25) is 0 Å². The zero-order valence-electron chi connectivity index (χ0n) is 8.91. The second-order valence-electron chi connectivity index (χ2n) is 3.69. The van der Waals surface area contributed by atoms with E-state index in [1.807, 2.05) is 0 Å². The number of nitrogens with one attached hydrogen (secondary N) is 2. The molecule has 86 valence electrons. The highest BCUT2D eigenvalue weighted by atomic mass is 35.5. The maximum absolute atomic E-state index is 10.4. The molecule has 0 radical (unpaired) electrons. The Bertz CT molecular complexity index is 364. The van der Waals surface area contributed by atoms with E-state index in [1.165, 1.54) is 12.4 Å². The Hall–Kier alpha value is -1.19. The van der Waals surface area contributed by atoms with Crippen LogP contribution in [0.3, 0.4) is 0 Å². The van der Waals surface area contributed by atoms with Crippen molar-refractivity contribution in [1.82, 2.24) is 0 Å². The van der Waals surface area contributed by atoms with Crippen molar-refractivity contribution in [1.29, 1.82) is 10.8 Å². The third-order valence-corrected chi connectivity index (χ3v) is 2.78. The van der Waals surface area contributed by atoms with Crippen LogP contribution >= 0.6 is 11.6 Å². The third-order valence-electron chi connectivity index (χ3n) is 2.52. The summed E-state index contributed by atoms with van der Waals surface area (Å²) >= 11 is 5.78. The summed E-state index contributed by atoms with van der Waals surface area (Å²) in [4.78, 5) is 0. The van der Waals surface area contributed by atoms with Crippen LogP contribution in [0.4, 0.5) is 0 Å². The fourth-order valence-electron chi connectivity index (χ4n) is 1.60. The first kappa shape index (κ1) is 12.9. The summed E-state index contributed by atoms with van der Waals surface area (Å²) in [6, 6.07) is 6.96. The fourth-order valence-corrected chi connectivity index (χ4v) is 1.73. The largest absolute Gasteiger partial charge is 0.385 e. The van der Waals surface area contributed by atoms with Gasteiger partial charge in [0, 0.05) is 11.4 Å². The predicted molar refractivity (Wildman–Crippen MR) is 66.8 cm³/mol. The van der Waals surface area contributed by atoms with Crippen LogP contribution in [-0.4, -0.2) is 17.5 Å². The van der Waals surface area contributed by atoms with Gasteiger partial charge in [-0.15, -0.1) is 0 Å². The predicted octanol–water partition coefficient (Wildman–Crippen LogP) is 3.00. The molecule has 0 aliphatic heterocycles. The van der Waals surface area contributed by atoms with Crippen LogP contribution in [0.1, 0.15) is 24.8 Å². The van der Waals surface area contributed by atoms with Crippen molar-refractivity contribution < 1.29 is 5.11 Å². The lowest BCUT2D eigenvalue weighted by Crippen LogP contribution is -2.26. The lowest BCUT2D eigenvalue weighted by Gasteiger charge is -2.26. The highest BCUT2D eigenvalue weighted by Crippen LogP contribution is 2.29. The summed E-state index contributed by atoms with van der Waals surface area (Å²) in [7, 11) is 0. The molecule has 0 spiro atoms.